The molecule has 2 atom stereocenters. The Labute approximate surface area is 145 Å². The third-order valence-corrected chi connectivity index (χ3v) is 5.63. The molecule has 1 saturated heterocycles. The van der Waals surface area contributed by atoms with Crippen LogP contribution in [0.1, 0.15) is 57.6 Å². The van der Waals surface area contributed by atoms with Crippen molar-refractivity contribution in [3.63, 3.8) is 0 Å². The number of imide groups is 1. The van der Waals surface area contributed by atoms with E-state index in [0.717, 1.165) is 31.4 Å². The number of nitrogens with zero attached hydrogens (tertiary/aromatic N) is 2. The van der Waals surface area contributed by atoms with Crippen molar-refractivity contribution in [2.45, 2.75) is 51.9 Å². The van der Waals surface area contributed by atoms with Gasteiger partial charge < -0.3 is 5.32 Å². The van der Waals surface area contributed by atoms with Gasteiger partial charge in [-0.25, -0.2) is 4.98 Å². The number of thiazole rings is 1. The first-order chi connectivity index (χ1) is 11.5. The summed E-state index contributed by atoms with van der Waals surface area (Å²) in [6.45, 7) is 4.26. The monoisotopic (exact) mass is 349 g/mol. The van der Waals surface area contributed by atoms with E-state index in [9.17, 15) is 14.4 Å². The zero-order valence-electron chi connectivity index (χ0n) is 14.1. The number of aromatic nitrogens is 1. The number of hydrogen-bond acceptors (Lipinski definition) is 5. The van der Waals surface area contributed by atoms with Crippen LogP contribution in [0.25, 0.3) is 0 Å². The number of carbonyl (C=O) groups is 3. The molecule has 6 nitrogen and oxygen atoms in total. The van der Waals surface area contributed by atoms with Crippen LogP contribution >= 0.6 is 11.3 Å². The van der Waals surface area contributed by atoms with E-state index in [4.69, 9.17) is 0 Å². The summed E-state index contributed by atoms with van der Waals surface area (Å²) in [7, 11) is 0. The Balaban J connectivity index is 1.54. The number of rotatable bonds is 5. The van der Waals surface area contributed by atoms with Crippen LogP contribution in [0, 0.1) is 11.8 Å². The fourth-order valence-electron chi connectivity index (χ4n) is 3.46. The molecule has 1 saturated carbocycles. The lowest BCUT2D eigenvalue weighted by molar-refractivity contribution is -0.140. The van der Waals surface area contributed by atoms with Crippen LogP contribution in [0.15, 0.2) is 5.38 Å². The zero-order chi connectivity index (χ0) is 17.3. The number of hydrogen-bond donors (Lipinski definition) is 1. The summed E-state index contributed by atoms with van der Waals surface area (Å²) in [5.41, 5.74) is 0.948. The van der Waals surface area contributed by atoms with Gasteiger partial charge in [-0.2, -0.15) is 0 Å². The van der Waals surface area contributed by atoms with E-state index >= 15 is 0 Å². The standard InChI is InChI=1S/C17H23N3O3S/c1-10(2)13-9-24-17(18-13)19-14(21)7-8-20-15(22)11-5-3-4-6-12(11)16(20)23/h9-12H,3-8H2,1-2H3,(H,18,19,21)/t11-,12-/m0/s1. The predicted molar refractivity (Wildman–Crippen MR) is 91.6 cm³/mol. The van der Waals surface area contributed by atoms with Gasteiger partial charge in [-0.15, -0.1) is 11.3 Å². The molecule has 0 bridgehead atoms. The summed E-state index contributed by atoms with van der Waals surface area (Å²) in [4.78, 5) is 42.5. The van der Waals surface area contributed by atoms with Crippen LogP contribution < -0.4 is 5.32 Å². The Morgan fingerprint density at radius 3 is 2.46 bits per heavy atom. The third-order valence-electron chi connectivity index (χ3n) is 4.85. The molecule has 1 aromatic heterocycles. The molecule has 3 rings (SSSR count). The van der Waals surface area contributed by atoms with Gasteiger partial charge in [-0.3, -0.25) is 19.3 Å². The molecule has 7 heteroatoms. The summed E-state index contributed by atoms with van der Waals surface area (Å²) in [6.07, 6.45) is 3.74. The summed E-state index contributed by atoms with van der Waals surface area (Å²) in [5.74, 6) is -0.378. The van der Waals surface area contributed by atoms with Crippen LogP contribution in [0.2, 0.25) is 0 Å². The van der Waals surface area contributed by atoms with Crippen LogP contribution in [-0.4, -0.2) is 34.2 Å². The average Bonchev–Trinajstić information content (AvgIpc) is 3.11. The quantitative estimate of drug-likeness (QED) is 0.829. The molecule has 2 fully saturated rings. The van der Waals surface area contributed by atoms with Gasteiger partial charge in [0.2, 0.25) is 17.7 Å². The maximum Gasteiger partial charge on any atom is 0.233 e. The topological polar surface area (TPSA) is 79.4 Å². The first-order valence-electron chi connectivity index (χ1n) is 8.58. The van der Waals surface area contributed by atoms with Crippen molar-refractivity contribution in [3.8, 4) is 0 Å². The molecule has 0 aromatic carbocycles. The number of carbonyl (C=O) groups excluding carboxylic acids is 3. The molecule has 1 aliphatic heterocycles. The molecule has 130 valence electrons. The van der Waals surface area contributed by atoms with E-state index in [0.29, 0.717) is 11.0 Å². The first-order valence-corrected chi connectivity index (χ1v) is 9.46. The van der Waals surface area contributed by atoms with Gasteiger partial charge >= 0.3 is 0 Å². The highest BCUT2D eigenvalue weighted by Gasteiger charge is 2.47. The molecule has 0 unspecified atom stereocenters. The van der Waals surface area contributed by atoms with Crippen molar-refractivity contribution in [1.29, 1.82) is 0 Å². The van der Waals surface area contributed by atoms with E-state index in [1.54, 1.807) is 0 Å². The van der Waals surface area contributed by atoms with Gasteiger partial charge in [0, 0.05) is 18.3 Å². The highest BCUT2D eigenvalue weighted by Crippen LogP contribution is 2.38. The van der Waals surface area contributed by atoms with Crippen molar-refractivity contribution < 1.29 is 14.4 Å². The van der Waals surface area contributed by atoms with Gasteiger partial charge in [0.05, 0.1) is 17.5 Å². The maximum absolute atomic E-state index is 12.4. The maximum atomic E-state index is 12.4. The summed E-state index contributed by atoms with van der Waals surface area (Å²) < 4.78 is 0. The highest BCUT2D eigenvalue weighted by atomic mass is 32.1. The Morgan fingerprint density at radius 2 is 1.92 bits per heavy atom. The number of fused-ring (bicyclic) bond motifs is 1. The van der Waals surface area contributed by atoms with Gasteiger partial charge in [-0.05, 0) is 18.8 Å². The number of anilines is 1. The predicted octanol–water partition coefficient (Wildman–Crippen LogP) is 2.77. The summed E-state index contributed by atoms with van der Waals surface area (Å²) in [6, 6.07) is 0. The van der Waals surface area contributed by atoms with Gasteiger partial charge in [0.15, 0.2) is 5.13 Å². The third kappa shape index (κ3) is 3.36. The molecule has 0 spiro atoms. The largest absolute Gasteiger partial charge is 0.302 e. The van der Waals surface area contributed by atoms with E-state index in [2.05, 4.69) is 10.3 Å². The lowest BCUT2D eigenvalue weighted by Crippen LogP contribution is -2.34. The highest BCUT2D eigenvalue weighted by molar-refractivity contribution is 7.13. The molecule has 2 aliphatic rings. The fourth-order valence-corrected chi connectivity index (χ4v) is 4.34. The zero-order valence-corrected chi connectivity index (χ0v) is 14.9. The van der Waals surface area contributed by atoms with Crippen molar-refractivity contribution in [2.24, 2.45) is 11.8 Å². The SMILES string of the molecule is CC(C)c1csc(NC(=O)CCN2C(=O)[C@H]3CCCC[C@@H]3C2=O)n1. The minimum absolute atomic E-state index is 0.0890. The Bertz CT molecular complexity index is 631. The lowest BCUT2D eigenvalue weighted by atomic mass is 9.81. The van der Waals surface area contributed by atoms with Crippen molar-refractivity contribution in [1.82, 2.24) is 9.88 Å². The lowest BCUT2D eigenvalue weighted by Gasteiger charge is -2.19. The molecule has 24 heavy (non-hydrogen) atoms. The Kier molecular flexibility index (Phi) is 4.99. The number of amides is 3. The molecule has 1 aromatic rings. The molecular formula is C17H23N3O3S. The van der Waals surface area contributed by atoms with E-state index in [1.165, 1.54) is 16.2 Å². The first kappa shape index (κ1) is 17.1. The van der Waals surface area contributed by atoms with Crippen LogP contribution in [0.5, 0.6) is 0 Å². The molecule has 2 heterocycles. The Hall–Kier alpha value is -1.76. The van der Waals surface area contributed by atoms with Crippen molar-refractivity contribution >= 4 is 34.2 Å². The normalized spacial score (nSPS) is 23.7. The van der Waals surface area contributed by atoms with Crippen LogP contribution in [0.3, 0.4) is 0 Å². The molecular weight excluding hydrogens is 326 g/mol. The minimum atomic E-state index is -0.213. The minimum Gasteiger partial charge on any atom is -0.302 e. The molecule has 1 aliphatic carbocycles. The number of nitrogens with one attached hydrogen (secondary N) is 1. The second kappa shape index (κ2) is 7.01. The van der Waals surface area contributed by atoms with Crippen molar-refractivity contribution in [2.75, 3.05) is 11.9 Å². The van der Waals surface area contributed by atoms with E-state index in [-0.39, 0.29) is 42.5 Å². The number of likely N-dealkylation sites (tertiary alicyclic amines) is 1. The smallest absolute Gasteiger partial charge is 0.233 e. The Morgan fingerprint density at radius 1 is 1.29 bits per heavy atom. The molecule has 3 amide bonds. The van der Waals surface area contributed by atoms with Crippen molar-refractivity contribution in [3.05, 3.63) is 11.1 Å². The van der Waals surface area contributed by atoms with Gasteiger partial charge in [-0.1, -0.05) is 26.7 Å². The van der Waals surface area contributed by atoms with Crippen LogP contribution in [0.4, 0.5) is 5.13 Å². The average molecular weight is 349 g/mol. The molecule has 1 N–H and O–H groups in total. The summed E-state index contributed by atoms with van der Waals surface area (Å²) in [5, 5.41) is 5.25. The van der Waals surface area contributed by atoms with Gasteiger partial charge in [0.25, 0.3) is 0 Å². The van der Waals surface area contributed by atoms with Crippen LogP contribution in [-0.2, 0) is 14.4 Å². The second-order valence-corrected chi connectivity index (χ2v) is 7.71. The van der Waals surface area contributed by atoms with E-state index in [1.807, 2.05) is 19.2 Å². The molecule has 0 radical (unpaired) electrons. The van der Waals surface area contributed by atoms with E-state index < -0.39 is 0 Å². The fraction of sp³-hybridized carbons (Fsp3) is 0.647. The second-order valence-electron chi connectivity index (χ2n) is 6.86. The van der Waals surface area contributed by atoms with Gasteiger partial charge in [0.1, 0.15) is 0 Å². The summed E-state index contributed by atoms with van der Waals surface area (Å²) >= 11 is 1.39.